The van der Waals surface area contributed by atoms with Crippen LogP contribution in [0.5, 0.6) is 5.75 Å². The van der Waals surface area contributed by atoms with Gasteiger partial charge in [0.25, 0.3) is 10.0 Å². The molecule has 0 saturated carbocycles. The van der Waals surface area contributed by atoms with Gasteiger partial charge in [-0.1, -0.05) is 64.5 Å². The zero-order valence-corrected chi connectivity index (χ0v) is 18.1. The van der Waals surface area contributed by atoms with Crippen LogP contribution in [-0.2, 0) is 10.0 Å². The van der Waals surface area contributed by atoms with Gasteiger partial charge in [-0.2, -0.15) is 17.9 Å². The van der Waals surface area contributed by atoms with E-state index in [4.69, 9.17) is 4.74 Å². The van der Waals surface area contributed by atoms with Crippen LogP contribution in [0, 0.1) is 0 Å². The van der Waals surface area contributed by atoms with Gasteiger partial charge in [0.05, 0.1) is 23.8 Å². The zero-order valence-electron chi connectivity index (χ0n) is 15.7. The fourth-order valence-electron chi connectivity index (χ4n) is 3.43. The maximum absolute atomic E-state index is 13.4. The summed E-state index contributed by atoms with van der Waals surface area (Å²) >= 11 is 3.48. The Labute approximate surface area is 178 Å². The molecule has 0 N–H and O–H groups in total. The van der Waals surface area contributed by atoms with Gasteiger partial charge in [-0.15, -0.1) is 0 Å². The number of para-hydroxylation sites is 1. The molecule has 148 valence electrons. The van der Waals surface area contributed by atoms with E-state index in [1.54, 1.807) is 37.4 Å². The normalized spacial score (nSPS) is 16.6. The maximum atomic E-state index is 13.4. The van der Waals surface area contributed by atoms with Crippen molar-refractivity contribution in [3.8, 4) is 5.75 Å². The van der Waals surface area contributed by atoms with Crippen LogP contribution in [0.25, 0.3) is 0 Å². The molecule has 1 atom stereocenters. The Hall–Kier alpha value is -2.64. The van der Waals surface area contributed by atoms with Crippen molar-refractivity contribution in [3.05, 3.63) is 94.5 Å². The molecule has 29 heavy (non-hydrogen) atoms. The smallest absolute Gasteiger partial charge is 0.279 e. The standard InChI is InChI=1S/C22H19BrN2O3S/c1-28-22-13-6-5-12-19(22)21-15-20(16-8-7-9-17(23)14-16)24-25(21)29(26,27)18-10-3-2-4-11-18/h2-14,21H,15H2,1H3/t21-/m0/s1. The van der Waals surface area contributed by atoms with Crippen molar-refractivity contribution in [2.75, 3.05) is 7.11 Å². The van der Waals surface area contributed by atoms with Gasteiger partial charge in [0, 0.05) is 16.5 Å². The fraction of sp³-hybridized carbons (Fsp3) is 0.136. The molecule has 4 rings (SSSR count). The topological polar surface area (TPSA) is 59.0 Å². The molecule has 0 aromatic heterocycles. The number of halogens is 1. The van der Waals surface area contributed by atoms with Crippen LogP contribution in [-0.4, -0.2) is 25.7 Å². The molecule has 1 aliphatic heterocycles. The first-order valence-corrected chi connectivity index (χ1v) is 11.3. The lowest BCUT2D eigenvalue weighted by molar-refractivity contribution is 0.350. The lowest BCUT2D eigenvalue weighted by Crippen LogP contribution is -2.27. The second kappa shape index (κ2) is 8.00. The lowest BCUT2D eigenvalue weighted by Gasteiger charge is -2.24. The number of hydrazone groups is 1. The lowest BCUT2D eigenvalue weighted by atomic mass is 9.98. The summed E-state index contributed by atoms with van der Waals surface area (Å²) in [7, 11) is -2.25. The predicted octanol–water partition coefficient (Wildman–Crippen LogP) is 5.00. The number of hydrogen-bond acceptors (Lipinski definition) is 4. The van der Waals surface area contributed by atoms with Crippen molar-refractivity contribution < 1.29 is 13.2 Å². The molecule has 0 radical (unpaired) electrons. The van der Waals surface area contributed by atoms with Gasteiger partial charge in [-0.3, -0.25) is 0 Å². The van der Waals surface area contributed by atoms with Crippen LogP contribution < -0.4 is 4.74 Å². The second-order valence-corrected chi connectivity index (χ2v) is 9.32. The van der Waals surface area contributed by atoms with E-state index in [1.165, 1.54) is 4.41 Å². The summed E-state index contributed by atoms with van der Waals surface area (Å²) in [5.41, 5.74) is 2.37. The summed E-state index contributed by atoms with van der Waals surface area (Å²) in [5, 5.41) is 4.57. The number of methoxy groups -OCH3 is 1. The third-order valence-electron chi connectivity index (χ3n) is 4.82. The number of sulfonamides is 1. The average molecular weight is 471 g/mol. The first kappa shape index (κ1) is 19.7. The SMILES string of the molecule is COc1ccccc1[C@@H]1CC(c2cccc(Br)c2)=NN1S(=O)(=O)c1ccccc1. The van der Waals surface area contributed by atoms with Crippen molar-refractivity contribution in [2.45, 2.75) is 17.4 Å². The molecule has 0 bridgehead atoms. The van der Waals surface area contributed by atoms with E-state index in [-0.39, 0.29) is 4.90 Å². The highest BCUT2D eigenvalue weighted by Crippen LogP contribution is 2.40. The highest BCUT2D eigenvalue weighted by molar-refractivity contribution is 9.10. The quantitative estimate of drug-likeness (QED) is 0.527. The molecule has 5 nitrogen and oxygen atoms in total. The van der Waals surface area contributed by atoms with Gasteiger partial charge in [0.2, 0.25) is 0 Å². The first-order chi connectivity index (χ1) is 14.0. The molecule has 0 fully saturated rings. The highest BCUT2D eigenvalue weighted by atomic mass is 79.9. The Balaban J connectivity index is 1.84. The third kappa shape index (κ3) is 3.80. The number of nitrogens with zero attached hydrogens (tertiary/aromatic N) is 2. The monoisotopic (exact) mass is 470 g/mol. The minimum atomic E-state index is -3.83. The van der Waals surface area contributed by atoms with Gasteiger partial charge in [0.15, 0.2) is 0 Å². The van der Waals surface area contributed by atoms with E-state index in [9.17, 15) is 8.42 Å². The van der Waals surface area contributed by atoms with Crippen LogP contribution >= 0.6 is 15.9 Å². The third-order valence-corrected chi connectivity index (χ3v) is 7.01. The van der Waals surface area contributed by atoms with Gasteiger partial charge < -0.3 is 4.74 Å². The summed E-state index contributed by atoms with van der Waals surface area (Å²) in [6, 6.07) is 23.0. The van der Waals surface area contributed by atoms with E-state index in [0.717, 1.165) is 15.6 Å². The number of benzene rings is 3. The molecule has 0 amide bonds. The molecular weight excluding hydrogens is 452 g/mol. The van der Waals surface area contributed by atoms with Gasteiger partial charge in [0.1, 0.15) is 5.75 Å². The Kier molecular flexibility index (Phi) is 5.43. The van der Waals surface area contributed by atoms with E-state index < -0.39 is 16.1 Å². The fourth-order valence-corrected chi connectivity index (χ4v) is 5.27. The van der Waals surface area contributed by atoms with Crippen LogP contribution in [0.2, 0.25) is 0 Å². The summed E-state index contributed by atoms with van der Waals surface area (Å²) < 4.78 is 34.5. The Morgan fingerprint density at radius 1 is 1.00 bits per heavy atom. The van der Waals surface area contributed by atoms with Crippen LogP contribution in [0.1, 0.15) is 23.6 Å². The molecular formula is C22H19BrN2O3S. The van der Waals surface area contributed by atoms with Crippen LogP contribution in [0.4, 0.5) is 0 Å². The largest absolute Gasteiger partial charge is 0.496 e. The number of rotatable bonds is 5. The molecule has 1 heterocycles. The van der Waals surface area contributed by atoms with E-state index >= 15 is 0 Å². The molecule has 0 aliphatic carbocycles. The zero-order chi connectivity index (χ0) is 20.4. The van der Waals surface area contributed by atoms with Crippen molar-refractivity contribution in [2.24, 2.45) is 5.10 Å². The number of hydrogen-bond donors (Lipinski definition) is 0. The minimum Gasteiger partial charge on any atom is -0.496 e. The van der Waals surface area contributed by atoms with E-state index in [1.807, 2.05) is 48.5 Å². The average Bonchev–Trinajstić information content (AvgIpc) is 3.20. The van der Waals surface area contributed by atoms with Gasteiger partial charge in [-0.05, 0) is 35.9 Å². The summed E-state index contributed by atoms with van der Waals surface area (Å²) in [4.78, 5) is 0.208. The van der Waals surface area contributed by atoms with Gasteiger partial charge >= 0.3 is 0 Å². The number of ether oxygens (including phenoxy) is 1. The van der Waals surface area contributed by atoms with Crippen molar-refractivity contribution in [1.82, 2.24) is 4.41 Å². The predicted molar refractivity (Wildman–Crippen MR) is 116 cm³/mol. The molecule has 0 spiro atoms. The highest BCUT2D eigenvalue weighted by Gasteiger charge is 2.38. The van der Waals surface area contributed by atoms with Crippen molar-refractivity contribution in [1.29, 1.82) is 0 Å². The summed E-state index contributed by atoms with van der Waals surface area (Å²) in [6.07, 6.45) is 0.447. The van der Waals surface area contributed by atoms with Crippen LogP contribution in [0.15, 0.2) is 93.3 Å². The van der Waals surface area contributed by atoms with E-state index in [0.29, 0.717) is 17.9 Å². The van der Waals surface area contributed by atoms with Crippen molar-refractivity contribution >= 4 is 31.7 Å². The minimum absolute atomic E-state index is 0.208. The Bertz CT molecular complexity index is 1160. The second-order valence-electron chi connectivity index (χ2n) is 6.61. The molecule has 3 aromatic rings. The summed E-state index contributed by atoms with van der Waals surface area (Å²) in [5.74, 6) is 0.636. The maximum Gasteiger partial charge on any atom is 0.279 e. The van der Waals surface area contributed by atoms with Crippen molar-refractivity contribution in [3.63, 3.8) is 0 Å². The molecule has 3 aromatic carbocycles. The van der Waals surface area contributed by atoms with E-state index in [2.05, 4.69) is 21.0 Å². The van der Waals surface area contributed by atoms with Gasteiger partial charge in [-0.25, -0.2) is 0 Å². The Morgan fingerprint density at radius 3 is 2.45 bits per heavy atom. The van der Waals surface area contributed by atoms with Crippen LogP contribution in [0.3, 0.4) is 0 Å². The molecule has 7 heteroatoms. The molecule has 0 saturated heterocycles. The molecule has 0 unspecified atom stereocenters. The summed E-state index contributed by atoms with van der Waals surface area (Å²) in [6.45, 7) is 0. The Morgan fingerprint density at radius 2 is 1.72 bits per heavy atom. The first-order valence-electron chi connectivity index (χ1n) is 9.06. The molecule has 1 aliphatic rings.